The Labute approximate surface area is 118 Å². The third-order valence-electron chi connectivity index (χ3n) is 3.06. The second kappa shape index (κ2) is 5.68. The maximum absolute atomic E-state index is 11.9. The number of aromatic nitrogens is 1. The normalized spacial score (nSPS) is 20.6. The van der Waals surface area contributed by atoms with E-state index >= 15 is 0 Å². The Balaban J connectivity index is 2.40. The minimum Gasteiger partial charge on any atom is -0.392 e. The van der Waals surface area contributed by atoms with E-state index in [9.17, 15) is 13.5 Å². The summed E-state index contributed by atoms with van der Waals surface area (Å²) in [5, 5.41) is 8.71. The van der Waals surface area contributed by atoms with Crippen LogP contribution in [0.5, 0.6) is 0 Å². The van der Waals surface area contributed by atoms with Crippen molar-refractivity contribution in [2.24, 2.45) is 0 Å². The fraction of sp³-hybridized carbons (Fsp3) is 0.583. The summed E-state index contributed by atoms with van der Waals surface area (Å²) in [6.45, 7) is 2.43. The van der Waals surface area contributed by atoms with Gasteiger partial charge in [-0.1, -0.05) is 0 Å². The van der Waals surface area contributed by atoms with Crippen LogP contribution in [-0.2, 0) is 16.4 Å². The highest BCUT2D eigenvalue weighted by Gasteiger charge is 2.32. The van der Waals surface area contributed by atoms with E-state index in [1.165, 1.54) is 6.26 Å². The second-order valence-electron chi connectivity index (χ2n) is 4.69. The first-order valence-corrected chi connectivity index (χ1v) is 9.14. The highest BCUT2D eigenvalue weighted by Crippen LogP contribution is 2.26. The second-order valence-corrected chi connectivity index (χ2v) is 8.04. The van der Waals surface area contributed by atoms with Gasteiger partial charge in [0, 0.05) is 30.0 Å². The average molecular weight is 302 g/mol. The zero-order valence-electron chi connectivity index (χ0n) is 11.0. The fourth-order valence-electron chi connectivity index (χ4n) is 2.16. The molecule has 0 saturated carbocycles. The summed E-state index contributed by atoms with van der Waals surface area (Å²) >= 11 is 1.64. The summed E-state index contributed by atoms with van der Waals surface area (Å²) in [6, 6.07) is 3.57. The number of thioether (sulfide) groups is 1. The number of pyridine rings is 1. The number of nitrogens with zero attached hydrogens (tertiary/aromatic N) is 2. The molecule has 1 atom stereocenters. The van der Waals surface area contributed by atoms with Crippen LogP contribution in [0.3, 0.4) is 0 Å². The third-order valence-corrected chi connectivity index (χ3v) is 5.70. The Bertz CT molecular complexity index is 560. The Hall–Kier alpha value is -0.790. The van der Waals surface area contributed by atoms with Gasteiger partial charge in [-0.2, -0.15) is 11.8 Å². The first-order valence-electron chi connectivity index (χ1n) is 6.03. The van der Waals surface area contributed by atoms with Crippen LogP contribution in [0, 0.1) is 6.92 Å². The minimum atomic E-state index is -3.15. The van der Waals surface area contributed by atoms with E-state index < -0.39 is 15.2 Å². The summed E-state index contributed by atoms with van der Waals surface area (Å²) in [6.07, 6.45) is 1.26. The minimum absolute atomic E-state index is 0.0670. The smallest absolute Gasteiger partial charge is 0.169 e. The quantitative estimate of drug-likeness (QED) is 0.891. The van der Waals surface area contributed by atoms with Crippen molar-refractivity contribution in [2.75, 3.05) is 29.2 Å². The molecule has 1 saturated heterocycles. The first-order chi connectivity index (χ1) is 8.91. The van der Waals surface area contributed by atoms with Crippen LogP contribution in [0.1, 0.15) is 11.3 Å². The van der Waals surface area contributed by atoms with Gasteiger partial charge in [0.25, 0.3) is 0 Å². The monoisotopic (exact) mass is 302 g/mol. The van der Waals surface area contributed by atoms with Crippen molar-refractivity contribution in [1.29, 1.82) is 0 Å². The molecule has 106 valence electrons. The van der Waals surface area contributed by atoms with Crippen LogP contribution in [-0.4, -0.2) is 48.2 Å². The molecule has 1 N–H and O–H groups in total. The maximum Gasteiger partial charge on any atom is 0.169 e. The molecule has 0 spiro atoms. The molecular formula is C12H18N2O3S2. The number of rotatable bonds is 3. The van der Waals surface area contributed by atoms with Crippen molar-refractivity contribution in [3.05, 3.63) is 23.4 Å². The van der Waals surface area contributed by atoms with Crippen molar-refractivity contribution in [2.45, 2.75) is 18.9 Å². The van der Waals surface area contributed by atoms with Crippen LogP contribution < -0.4 is 4.90 Å². The van der Waals surface area contributed by atoms with Crippen LogP contribution in [0.15, 0.2) is 12.1 Å². The van der Waals surface area contributed by atoms with Crippen LogP contribution in [0.25, 0.3) is 0 Å². The number of sulfone groups is 1. The number of hydrogen-bond donors (Lipinski definition) is 1. The third kappa shape index (κ3) is 3.40. The van der Waals surface area contributed by atoms with E-state index in [2.05, 4.69) is 4.98 Å². The molecule has 0 aromatic carbocycles. The van der Waals surface area contributed by atoms with Gasteiger partial charge in [0.05, 0.1) is 6.61 Å². The van der Waals surface area contributed by atoms with Crippen LogP contribution >= 0.6 is 11.8 Å². The summed E-state index contributed by atoms with van der Waals surface area (Å²) < 4.78 is 23.8. The maximum atomic E-state index is 11.9. The van der Waals surface area contributed by atoms with Crippen molar-refractivity contribution in [3.63, 3.8) is 0 Å². The average Bonchev–Trinajstić information content (AvgIpc) is 2.37. The number of anilines is 1. The van der Waals surface area contributed by atoms with Gasteiger partial charge in [-0.25, -0.2) is 13.4 Å². The molecular weight excluding hydrogens is 284 g/mol. The molecule has 7 heteroatoms. The standard InChI is InChI=1S/C12H18N2O3S2/c1-9-5-10(7-15)6-11(13-9)14-3-4-18-8-12(14)19(2,16)17/h5-6,12,15H,3-4,7-8H2,1-2H3. The van der Waals surface area contributed by atoms with E-state index in [-0.39, 0.29) is 6.61 Å². The zero-order valence-corrected chi connectivity index (χ0v) is 12.7. The lowest BCUT2D eigenvalue weighted by molar-refractivity contribution is 0.281. The van der Waals surface area contributed by atoms with E-state index in [4.69, 9.17) is 0 Å². The topological polar surface area (TPSA) is 70.5 Å². The molecule has 0 amide bonds. The number of aliphatic hydroxyl groups is 1. The lowest BCUT2D eigenvalue weighted by Crippen LogP contribution is -2.47. The lowest BCUT2D eigenvalue weighted by Gasteiger charge is -2.35. The molecule has 5 nitrogen and oxygen atoms in total. The predicted octanol–water partition coefficient (Wildman–Crippen LogP) is 0.806. The summed E-state index contributed by atoms with van der Waals surface area (Å²) in [5.74, 6) is 2.08. The molecule has 19 heavy (non-hydrogen) atoms. The van der Waals surface area contributed by atoms with E-state index in [1.807, 2.05) is 11.8 Å². The Morgan fingerprint density at radius 2 is 2.26 bits per heavy atom. The highest BCUT2D eigenvalue weighted by atomic mass is 32.2. The zero-order chi connectivity index (χ0) is 14.0. The van der Waals surface area contributed by atoms with E-state index in [1.54, 1.807) is 23.9 Å². The molecule has 1 aromatic rings. The van der Waals surface area contributed by atoms with Crippen molar-refractivity contribution < 1.29 is 13.5 Å². The van der Waals surface area contributed by atoms with Gasteiger partial charge in [-0.05, 0) is 24.6 Å². The van der Waals surface area contributed by atoms with Crippen molar-refractivity contribution in [3.8, 4) is 0 Å². The summed E-state index contributed by atoms with van der Waals surface area (Å²) in [5.41, 5.74) is 1.54. The summed E-state index contributed by atoms with van der Waals surface area (Å²) in [7, 11) is -3.15. The highest BCUT2D eigenvalue weighted by molar-refractivity contribution is 8.01. The lowest BCUT2D eigenvalue weighted by atomic mass is 10.2. The van der Waals surface area contributed by atoms with Gasteiger partial charge in [0.2, 0.25) is 0 Å². The van der Waals surface area contributed by atoms with Crippen LogP contribution in [0.2, 0.25) is 0 Å². The number of aryl methyl sites for hydroxylation is 1. The predicted molar refractivity (Wildman–Crippen MR) is 78.2 cm³/mol. The SMILES string of the molecule is Cc1cc(CO)cc(N2CCSCC2S(C)(=O)=O)n1. The molecule has 1 aromatic heterocycles. The van der Waals surface area contributed by atoms with E-state index in [0.717, 1.165) is 17.0 Å². The Morgan fingerprint density at radius 1 is 1.53 bits per heavy atom. The van der Waals surface area contributed by atoms with Gasteiger partial charge in [0.15, 0.2) is 9.84 Å². The molecule has 1 unspecified atom stereocenters. The van der Waals surface area contributed by atoms with Gasteiger partial charge >= 0.3 is 0 Å². The molecule has 1 aliphatic rings. The molecule has 0 aliphatic carbocycles. The fourth-order valence-corrected chi connectivity index (χ4v) is 4.98. The Kier molecular flexibility index (Phi) is 4.37. The Morgan fingerprint density at radius 3 is 2.89 bits per heavy atom. The molecule has 2 rings (SSSR count). The van der Waals surface area contributed by atoms with Crippen molar-refractivity contribution in [1.82, 2.24) is 4.98 Å². The van der Waals surface area contributed by atoms with E-state index in [0.29, 0.717) is 18.1 Å². The molecule has 1 fully saturated rings. The molecule has 1 aliphatic heterocycles. The molecule has 0 radical (unpaired) electrons. The molecule has 0 bridgehead atoms. The largest absolute Gasteiger partial charge is 0.392 e. The van der Waals surface area contributed by atoms with Crippen molar-refractivity contribution >= 4 is 27.4 Å². The van der Waals surface area contributed by atoms with Gasteiger partial charge in [0.1, 0.15) is 11.2 Å². The first kappa shape index (κ1) is 14.6. The number of aliphatic hydroxyl groups excluding tert-OH is 1. The summed E-state index contributed by atoms with van der Waals surface area (Å²) in [4.78, 5) is 6.24. The molecule has 2 heterocycles. The van der Waals surface area contributed by atoms with Crippen LogP contribution in [0.4, 0.5) is 5.82 Å². The van der Waals surface area contributed by atoms with Gasteiger partial charge in [-0.15, -0.1) is 0 Å². The van der Waals surface area contributed by atoms with Gasteiger partial charge < -0.3 is 10.0 Å². The number of hydrogen-bond acceptors (Lipinski definition) is 6. The van der Waals surface area contributed by atoms with Gasteiger partial charge in [-0.3, -0.25) is 0 Å².